The molecule has 2 aromatic heterocycles. The van der Waals surface area contributed by atoms with Gasteiger partial charge in [-0.05, 0) is 12.1 Å². The third-order valence-corrected chi connectivity index (χ3v) is 4.69. The first-order valence-corrected chi connectivity index (χ1v) is 9.62. The summed E-state index contributed by atoms with van der Waals surface area (Å²) >= 11 is 0. The van der Waals surface area contributed by atoms with Crippen molar-refractivity contribution < 1.29 is 37.0 Å². The van der Waals surface area contributed by atoms with Gasteiger partial charge >= 0.3 is 18.3 Å². The summed E-state index contributed by atoms with van der Waals surface area (Å²) in [6, 6.07) is 7.80. The zero-order valence-electron chi connectivity index (χ0n) is 16.7. The molecule has 0 radical (unpaired) electrons. The fourth-order valence-electron chi connectivity index (χ4n) is 3.15. The number of anilines is 1. The van der Waals surface area contributed by atoms with Gasteiger partial charge in [0.05, 0.1) is 24.6 Å². The maximum Gasteiger partial charge on any atom is 0.452 e. The van der Waals surface area contributed by atoms with E-state index < -0.39 is 35.7 Å². The number of carbonyl (C=O) groups excluding carboxylic acids is 1. The Morgan fingerprint density at radius 1 is 1.18 bits per heavy atom. The molecule has 13 heteroatoms. The van der Waals surface area contributed by atoms with E-state index in [0.717, 1.165) is 12.4 Å². The molecule has 0 unspecified atom stereocenters. The molecule has 33 heavy (non-hydrogen) atoms. The highest BCUT2D eigenvalue weighted by Gasteiger charge is 2.42. The standard InChI is InChI=1S/C20H16F3N5O5/c21-20(22,23)15-14(27-17(33-15)11-4-2-1-3-5-11)16(29)26-12-8-24-18(25-9-12)32-13-6-7-28(10-13)19(30)31/h1-5,8-9,13H,6-7,10H2,(H,26,29)(H,30,31)/t13-/m0/s1. The quantitative estimate of drug-likeness (QED) is 0.588. The van der Waals surface area contributed by atoms with E-state index in [1.165, 1.54) is 17.0 Å². The zero-order valence-corrected chi connectivity index (χ0v) is 16.7. The topological polar surface area (TPSA) is 131 Å². The van der Waals surface area contributed by atoms with Crippen LogP contribution in [-0.4, -0.2) is 56.2 Å². The lowest BCUT2D eigenvalue weighted by Crippen LogP contribution is -2.29. The molecule has 1 fully saturated rings. The van der Waals surface area contributed by atoms with Crippen LogP contribution in [0, 0.1) is 0 Å². The molecule has 0 bridgehead atoms. The summed E-state index contributed by atoms with van der Waals surface area (Å²) in [5.74, 6) is -3.03. The van der Waals surface area contributed by atoms with Crippen molar-refractivity contribution in [3.63, 3.8) is 0 Å². The van der Waals surface area contributed by atoms with Crippen molar-refractivity contribution in [2.24, 2.45) is 0 Å². The van der Waals surface area contributed by atoms with Crippen molar-refractivity contribution in [3.8, 4) is 17.5 Å². The van der Waals surface area contributed by atoms with E-state index in [1.807, 2.05) is 0 Å². The molecular weight excluding hydrogens is 447 g/mol. The summed E-state index contributed by atoms with van der Waals surface area (Å²) < 4.78 is 50.6. The second-order valence-corrected chi connectivity index (χ2v) is 7.03. The van der Waals surface area contributed by atoms with Crippen LogP contribution in [0.5, 0.6) is 6.01 Å². The van der Waals surface area contributed by atoms with E-state index in [1.54, 1.807) is 18.2 Å². The predicted molar refractivity (Wildman–Crippen MR) is 106 cm³/mol. The van der Waals surface area contributed by atoms with Gasteiger partial charge in [-0.1, -0.05) is 18.2 Å². The first kappa shape index (κ1) is 22.0. The molecule has 0 spiro atoms. The van der Waals surface area contributed by atoms with E-state index in [4.69, 9.17) is 14.3 Å². The molecule has 10 nitrogen and oxygen atoms in total. The van der Waals surface area contributed by atoms with Crippen molar-refractivity contribution in [2.45, 2.75) is 18.7 Å². The van der Waals surface area contributed by atoms with E-state index >= 15 is 0 Å². The highest BCUT2D eigenvalue weighted by Crippen LogP contribution is 2.35. The maximum atomic E-state index is 13.4. The van der Waals surface area contributed by atoms with Crippen molar-refractivity contribution in [2.75, 3.05) is 18.4 Å². The van der Waals surface area contributed by atoms with Gasteiger partial charge in [-0.2, -0.15) is 13.2 Å². The summed E-state index contributed by atoms with van der Waals surface area (Å²) in [4.78, 5) is 36.2. The predicted octanol–water partition coefficient (Wildman–Crippen LogP) is 3.53. The number of halogens is 3. The number of oxazole rings is 1. The number of ether oxygens (including phenoxy) is 1. The normalized spacial score (nSPS) is 16.0. The molecular formula is C20H16F3N5O5. The third-order valence-electron chi connectivity index (χ3n) is 4.69. The second-order valence-electron chi connectivity index (χ2n) is 7.03. The van der Waals surface area contributed by atoms with Crippen molar-refractivity contribution in [1.29, 1.82) is 0 Å². The van der Waals surface area contributed by atoms with Gasteiger partial charge in [0.2, 0.25) is 11.7 Å². The van der Waals surface area contributed by atoms with Crippen LogP contribution in [0.15, 0.2) is 47.1 Å². The number of hydrogen-bond acceptors (Lipinski definition) is 7. The molecule has 1 saturated heterocycles. The van der Waals surface area contributed by atoms with Crippen LogP contribution in [0.4, 0.5) is 23.7 Å². The van der Waals surface area contributed by atoms with Gasteiger partial charge in [0, 0.05) is 18.5 Å². The van der Waals surface area contributed by atoms with Gasteiger partial charge in [0.15, 0.2) is 5.69 Å². The van der Waals surface area contributed by atoms with Gasteiger partial charge in [-0.25, -0.2) is 19.7 Å². The first-order chi connectivity index (χ1) is 15.7. The molecule has 2 N–H and O–H groups in total. The number of aromatic nitrogens is 3. The molecule has 172 valence electrons. The van der Waals surface area contributed by atoms with Crippen molar-refractivity contribution in [1.82, 2.24) is 19.9 Å². The Bertz CT molecular complexity index is 1150. The number of nitrogens with zero attached hydrogens (tertiary/aromatic N) is 4. The Morgan fingerprint density at radius 3 is 2.48 bits per heavy atom. The Hall–Kier alpha value is -4.16. The van der Waals surface area contributed by atoms with Crippen molar-refractivity contribution >= 4 is 17.7 Å². The van der Waals surface area contributed by atoms with Crippen LogP contribution >= 0.6 is 0 Å². The lowest BCUT2D eigenvalue weighted by molar-refractivity contribution is -0.153. The number of benzene rings is 1. The number of carbonyl (C=O) groups is 2. The summed E-state index contributed by atoms with van der Waals surface area (Å²) in [5.41, 5.74) is -0.648. The minimum atomic E-state index is -4.94. The van der Waals surface area contributed by atoms with E-state index in [-0.39, 0.29) is 29.7 Å². The highest BCUT2D eigenvalue weighted by molar-refractivity contribution is 6.03. The van der Waals surface area contributed by atoms with Gasteiger partial charge < -0.3 is 24.5 Å². The van der Waals surface area contributed by atoms with Gasteiger partial charge in [-0.3, -0.25) is 4.79 Å². The minimum absolute atomic E-state index is 0.00307. The number of nitrogens with one attached hydrogen (secondary N) is 1. The van der Waals surface area contributed by atoms with Crippen LogP contribution in [0.2, 0.25) is 0 Å². The van der Waals surface area contributed by atoms with Gasteiger partial charge in [-0.15, -0.1) is 0 Å². The Labute approximate surface area is 184 Å². The molecule has 3 heterocycles. The smallest absolute Gasteiger partial charge is 0.452 e. The SMILES string of the molecule is O=C(Nc1cnc(O[C@H]2CCN(C(=O)O)C2)nc1)c1nc(-c2ccccc2)oc1C(F)(F)F. The second kappa shape index (κ2) is 8.76. The summed E-state index contributed by atoms with van der Waals surface area (Å²) in [7, 11) is 0. The summed E-state index contributed by atoms with van der Waals surface area (Å²) in [5, 5.41) is 11.2. The number of hydrogen-bond donors (Lipinski definition) is 2. The number of likely N-dealkylation sites (tertiary alicyclic amines) is 1. The maximum absolute atomic E-state index is 13.4. The summed E-state index contributed by atoms with van der Waals surface area (Å²) in [6.45, 7) is 0.478. The number of carboxylic acid groups (broad SMARTS) is 1. The number of rotatable bonds is 5. The van der Waals surface area contributed by atoms with E-state index in [0.29, 0.717) is 13.0 Å². The molecule has 0 saturated carbocycles. The number of alkyl halides is 3. The van der Waals surface area contributed by atoms with Gasteiger partial charge in [0.25, 0.3) is 5.91 Å². The molecule has 3 aromatic rings. The number of amides is 2. The molecule has 4 rings (SSSR count). The Morgan fingerprint density at radius 2 is 1.88 bits per heavy atom. The van der Waals surface area contributed by atoms with Crippen LogP contribution in [0.25, 0.3) is 11.5 Å². The fourth-order valence-corrected chi connectivity index (χ4v) is 3.15. The zero-order chi connectivity index (χ0) is 23.6. The molecule has 1 aliphatic rings. The van der Waals surface area contributed by atoms with E-state index in [9.17, 15) is 22.8 Å². The van der Waals surface area contributed by atoms with Gasteiger partial charge in [0.1, 0.15) is 6.10 Å². The lowest BCUT2D eigenvalue weighted by atomic mass is 10.2. The molecule has 1 aromatic carbocycles. The Balaban J connectivity index is 1.47. The van der Waals surface area contributed by atoms with Crippen molar-refractivity contribution in [3.05, 3.63) is 54.2 Å². The lowest BCUT2D eigenvalue weighted by Gasteiger charge is -2.13. The summed E-state index contributed by atoms with van der Waals surface area (Å²) in [6.07, 6.45) is -3.66. The average Bonchev–Trinajstić information content (AvgIpc) is 3.43. The Kier molecular flexibility index (Phi) is 5.85. The first-order valence-electron chi connectivity index (χ1n) is 9.62. The van der Waals surface area contributed by atoms with Crippen LogP contribution in [-0.2, 0) is 6.18 Å². The monoisotopic (exact) mass is 463 g/mol. The molecule has 0 aliphatic carbocycles. The van der Waals surface area contributed by atoms with Crippen LogP contribution in [0.3, 0.4) is 0 Å². The molecule has 1 aliphatic heterocycles. The largest absolute Gasteiger partial charge is 0.465 e. The fraction of sp³-hybridized carbons (Fsp3) is 0.250. The third kappa shape index (κ3) is 5.02. The van der Waals surface area contributed by atoms with Crippen LogP contribution in [0.1, 0.15) is 22.7 Å². The van der Waals surface area contributed by atoms with E-state index in [2.05, 4.69) is 20.3 Å². The minimum Gasteiger partial charge on any atom is -0.465 e. The van der Waals surface area contributed by atoms with Crippen LogP contribution < -0.4 is 10.1 Å². The molecule has 1 atom stereocenters. The average molecular weight is 463 g/mol. The molecule has 2 amide bonds. The highest BCUT2D eigenvalue weighted by atomic mass is 19.4.